The Morgan fingerprint density at radius 1 is 0.743 bits per heavy atom. The van der Waals surface area contributed by atoms with Crippen molar-refractivity contribution < 1.29 is 34.9 Å². The number of aryl methyl sites for hydroxylation is 3. The minimum atomic E-state index is -6.03. The van der Waals surface area contributed by atoms with Crippen molar-refractivity contribution in [2.75, 3.05) is 4.92 Å². The lowest BCUT2D eigenvalue weighted by Gasteiger charge is -2.33. The number of rotatable bonds is 5. The average molecular weight is 499 g/mol. The summed E-state index contributed by atoms with van der Waals surface area (Å²) in [5.74, 6) is -13.5. The number of hydrogen-bond acceptors (Lipinski definition) is 3. The van der Waals surface area contributed by atoms with E-state index < -0.39 is 58.2 Å². The van der Waals surface area contributed by atoms with Gasteiger partial charge in [-0.15, -0.1) is 10.2 Å². The van der Waals surface area contributed by atoms with Gasteiger partial charge in [0.25, 0.3) is 0 Å². The molecule has 0 atom stereocenters. The maximum atomic E-state index is 14.5. The highest BCUT2D eigenvalue weighted by Gasteiger charge is 2.37. The maximum Gasteiger partial charge on any atom is 0.618 e. The molecule has 0 spiro atoms. The Bertz CT molecular complexity index is 1270. The third-order valence-electron chi connectivity index (χ3n) is 4.79. The van der Waals surface area contributed by atoms with Crippen molar-refractivity contribution in [1.29, 1.82) is 0 Å². The molecular formula is C22H16BF8N4-. The Labute approximate surface area is 194 Å². The van der Waals surface area contributed by atoms with Crippen LogP contribution >= 0.6 is 0 Å². The Morgan fingerprint density at radius 2 is 1.23 bits per heavy atom. The second-order valence-corrected chi connectivity index (χ2v) is 7.54. The van der Waals surface area contributed by atoms with Crippen molar-refractivity contribution in [2.24, 2.45) is 15.3 Å². The smallest absolute Gasteiger partial charge is 0.427 e. The Hall–Kier alpha value is -3.77. The molecule has 0 bridgehead atoms. The molecule has 4 nitrogen and oxygen atoms in total. The molecule has 35 heavy (non-hydrogen) atoms. The molecule has 3 aromatic carbocycles. The molecule has 0 aliphatic carbocycles. The molecular weight excluding hydrogens is 483 g/mol. The summed E-state index contributed by atoms with van der Waals surface area (Å²) in [5.41, 5.74) is -1.39. The molecule has 184 valence electrons. The molecule has 0 fully saturated rings. The lowest BCUT2D eigenvalue weighted by Crippen LogP contribution is -2.41. The first-order valence-electron chi connectivity index (χ1n) is 9.97. The summed E-state index contributed by atoms with van der Waals surface area (Å²) in [4.78, 5) is -0.485. The third kappa shape index (κ3) is 5.33. The van der Waals surface area contributed by atoms with Crippen molar-refractivity contribution in [3.8, 4) is 0 Å². The lowest BCUT2D eigenvalue weighted by atomic mass is 9.99. The number of nitrogens with zero attached hydrogens (tertiary/aromatic N) is 4. The van der Waals surface area contributed by atoms with Gasteiger partial charge in [0.2, 0.25) is 11.7 Å². The highest BCUT2D eigenvalue weighted by Crippen LogP contribution is 2.34. The van der Waals surface area contributed by atoms with Gasteiger partial charge in [0, 0.05) is 5.69 Å². The van der Waals surface area contributed by atoms with Crippen LogP contribution in [0, 0.1) is 49.9 Å². The van der Waals surface area contributed by atoms with Gasteiger partial charge in [-0.2, -0.15) is 5.10 Å². The van der Waals surface area contributed by atoms with Gasteiger partial charge in [-0.1, -0.05) is 35.9 Å². The first-order chi connectivity index (χ1) is 16.3. The van der Waals surface area contributed by atoms with E-state index in [4.69, 9.17) is 0 Å². The normalized spacial score (nSPS) is 12.5. The second kappa shape index (κ2) is 9.84. The van der Waals surface area contributed by atoms with E-state index in [9.17, 15) is 34.9 Å². The molecule has 0 N–H and O–H groups in total. The summed E-state index contributed by atoms with van der Waals surface area (Å²) in [5, 5.41) is 10.2. The van der Waals surface area contributed by atoms with E-state index in [-0.39, 0.29) is 16.8 Å². The predicted molar refractivity (Wildman–Crippen MR) is 116 cm³/mol. The van der Waals surface area contributed by atoms with Gasteiger partial charge in [0.05, 0.1) is 5.69 Å². The zero-order valence-corrected chi connectivity index (χ0v) is 18.4. The zero-order chi connectivity index (χ0) is 26.1. The van der Waals surface area contributed by atoms with Gasteiger partial charge in [0.15, 0.2) is 23.3 Å². The van der Waals surface area contributed by atoms with Gasteiger partial charge in [-0.25, -0.2) is 22.0 Å². The van der Waals surface area contributed by atoms with Crippen LogP contribution < -0.4 is 4.92 Å². The molecule has 0 amide bonds. The number of anilines is 1. The summed E-state index contributed by atoms with van der Waals surface area (Å²) in [6, 6.07) is 10.1. The standard InChI is InChI=1S/C22H16BF8N4/c1-11-9-12(2)21(13(3)10-11)35(23(29,30)31)34-22(33-32-14-7-5-4-6-8-14)15-16(24)18(26)20(28)19(27)17(15)25/h4-10H,1-3H3/q-1/b33-32?,34-22+. The van der Waals surface area contributed by atoms with Crippen LogP contribution in [0.1, 0.15) is 22.3 Å². The fourth-order valence-electron chi connectivity index (χ4n) is 3.42. The molecule has 13 heteroatoms. The van der Waals surface area contributed by atoms with Gasteiger partial charge >= 0.3 is 7.11 Å². The van der Waals surface area contributed by atoms with Crippen LogP contribution in [0.15, 0.2) is 57.8 Å². The third-order valence-corrected chi connectivity index (χ3v) is 4.79. The van der Waals surface area contributed by atoms with Gasteiger partial charge in [0.1, 0.15) is 5.56 Å². The first kappa shape index (κ1) is 25.9. The highest BCUT2D eigenvalue weighted by molar-refractivity contribution is 6.63. The van der Waals surface area contributed by atoms with Crippen LogP contribution in [0.25, 0.3) is 0 Å². The molecule has 0 saturated carbocycles. The number of hydrogen-bond donors (Lipinski definition) is 0. The SMILES string of the molecule is Cc1cc(C)c(N(/N=C(/N=Nc2ccccc2)c2c(F)c(F)c(F)c(F)c2F)[B-](F)(F)F)c(C)c1. The van der Waals surface area contributed by atoms with Crippen molar-refractivity contribution >= 4 is 24.3 Å². The molecule has 0 radical (unpaired) electrons. The Morgan fingerprint density at radius 3 is 1.71 bits per heavy atom. The fraction of sp³-hybridized carbons (Fsp3) is 0.136. The first-order valence-corrected chi connectivity index (χ1v) is 9.97. The van der Waals surface area contributed by atoms with Gasteiger partial charge in [-0.05, 0) is 44.0 Å². The van der Waals surface area contributed by atoms with E-state index in [0.29, 0.717) is 5.56 Å². The number of amidine groups is 1. The molecule has 0 saturated heterocycles. The van der Waals surface area contributed by atoms with Crippen LogP contribution in [0.5, 0.6) is 0 Å². The van der Waals surface area contributed by atoms with Crippen LogP contribution in [0.3, 0.4) is 0 Å². The highest BCUT2D eigenvalue weighted by atomic mass is 19.4. The van der Waals surface area contributed by atoms with Crippen molar-refractivity contribution in [2.45, 2.75) is 20.8 Å². The summed E-state index contributed by atoms with van der Waals surface area (Å²) >= 11 is 0. The molecule has 0 unspecified atom stereocenters. The fourth-order valence-corrected chi connectivity index (χ4v) is 3.42. The maximum absolute atomic E-state index is 14.5. The summed E-state index contributed by atoms with van der Waals surface area (Å²) in [6.07, 6.45) is 0. The van der Waals surface area contributed by atoms with Crippen LogP contribution in [0.4, 0.5) is 46.3 Å². The lowest BCUT2D eigenvalue weighted by molar-refractivity contribution is 0.377. The van der Waals surface area contributed by atoms with E-state index in [1.807, 2.05) is 0 Å². The van der Waals surface area contributed by atoms with Crippen molar-refractivity contribution in [3.63, 3.8) is 0 Å². The molecule has 0 aromatic heterocycles. The number of azo groups is 1. The summed E-state index contributed by atoms with van der Waals surface area (Å²) < 4.78 is 113. The molecule has 3 aromatic rings. The van der Waals surface area contributed by atoms with Gasteiger partial charge < -0.3 is 17.9 Å². The quantitative estimate of drug-likeness (QED) is 0.0521. The molecule has 3 rings (SSSR count). The van der Waals surface area contributed by atoms with Crippen LogP contribution in [-0.2, 0) is 0 Å². The number of benzene rings is 3. The van der Waals surface area contributed by atoms with Crippen LogP contribution in [-0.4, -0.2) is 12.9 Å². The largest absolute Gasteiger partial charge is 0.618 e. The van der Waals surface area contributed by atoms with Gasteiger partial charge in [-0.3, -0.25) is 0 Å². The predicted octanol–water partition coefficient (Wildman–Crippen LogP) is 7.60. The number of halogens is 8. The van der Waals surface area contributed by atoms with E-state index in [1.165, 1.54) is 50.2 Å². The minimum Gasteiger partial charge on any atom is -0.427 e. The van der Waals surface area contributed by atoms with E-state index in [2.05, 4.69) is 15.3 Å². The van der Waals surface area contributed by atoms with E-state index >= 15 is 0 Å². The van der Waals surface area contributed by atoms with E-state index in [1.54, 1.807) is 13.0 Å². The zero-order valence-electron chi connectivity index (χ0n) is 18.4. The van der Waals surface area contributed by atoms with Crippen molar-refractivity contribution in [3.05, 3.63) is 93.8 Å². The number of hydrazone groups is 1. The van der Waals surface area contributed by atoms with Crippen molar-refractivity contribution in [1.82, 2.24) is 0 Å². The van der Waals surface area contributed by atoms with E-state index in [0.717, 1.165) is 0 Å². The summed E-state index contributed by atoms with van der Waals surface area (Å²) in [6.45, 7) is 4.34. The monoisotopic (exact) mass is 499 g/mol. The second-order valence-electron chi connectivity index (χ2n) is 7.54. The molecule has 0 heterocycles. The molecule has 0 aliphatic heterocycles. The van der Waals surface area contributed by atoms with Crippen LogP contribution in [0.2, 0.25) is 0 Å². The Balaban J connectivity index is 2.36. The topological polar surface area (TPSA) is 40.3 Å². The molecule has 0 aliphatic rings. The summed E-state index contributed by atoms with van der Waals surface area (Å²) in [7, 11) is -6.03. The Kier molecular flexibility index (Phi) is 7.27. The average Bonchev–Trinajstić information content (AvgIpc) is 2.78. The minimum absolute atomic E-state index is 0.0239.